The molecule has 1 heterocycles. The molecule has 1 aliphatic rings. The number of hydrogen-bond donors (Lipinski definition) is 2. The highest BCUT2D eigenvalue weighted by atomic mass is 35.5. The molecule has 7 heteroatoms. The summed E-state index contributed by atoms with van der Waals surface area (Å²) in [5.74, 6) is -0.558. The molecule has 0 aromatic heterocycles. The normalized spacial score (nSPS) is 18.1. The number of urea groups is 1. The Hall–Kier alpha value is -1.30. The van der Waals surface area contributed by atoms with Crippen molar-refractivity contribution in [1.29, 1.82) is 0 Å². The summed E-state index contributed by atoms with van der Waals surface area (Å²) >= 11 is 5.56. The van der Waals surface area contributed by atoms with Gasteiger partial charge in [0.05, 0.1) is 0 Å². The Bertz CT molecular complexity index is 338. The van der Waals surface area contributed by atoms with Crippen molar-refractivity contribution < 1.29 is 14.4 Å². The molecule has 1 saturated heterocycles. The number of rotatable bonds is 2. The van der Waals surface area contributed by atoms with Gasteiger partial charge >= 0.3 is 6.03 Å². The molecule has 0 aromatic rings. The van der Waals surface area contributed by atoms with Crippen LogP contribution < -0.4 is 10.6 Å². The number of hydrogen-bond acceptors (Lipinski definition) is 3. The van der Waals surface area contributed by atoms with Gasteiger partial charge in [0.2, 0.25) is 11.8 Å². The van der Waals surface area contributed by atoms with E-state index in [4.69, 9.17) is 11.6 Å². The molecule has 0 radical (unpaired) electrons. The second-order valence-corrected chi connectivity index (χ2v) is 4.94. The predicted molar refractivity (Wildman–Crippen MR) is 67.2 cm³/mol. The molecule has 0 saturated carbocycles. The highest BCUT2D eigenvalue weighted by molar-refractivity contribution is 6.31. The topological polar surface area (TPSA) is 78.5 Å². The molecule has 0 spiro atoms. The van der Waals surface area contributed by atoms with E-state index < -0.39 is 17.3 Å². The molecule has 1 rings (SSSR count). The highest BCUT2D eigenvalue weighted by Crippen LogP contribution is 2.17. The fourth-order valence-corrected chi connectivity index (χ4v) is 1.89. The molecule has 1 unspecified atom stereocenters. The second-order valence-electron chi connectivity index (χ2n) is 4.29. The molecular formula is C11H18ClN3O3. The van der Waals surface area contributed by atoms with Crippen LogP contribution in [0.1, 0.15) is 19.8 Å². The molecule has 1 aliphatic heterocycles. The van der Waals surface area contributed by atoms with Crippen molar-refractivity contribution in [1.82, 2.24) is 15.5 Å². The van der Waals surface area contributed by atoms with Crippen LogP contribution in [0.5, 0.6) is 0 Å². The standard InChI is InChI=1S/C11H18ClN3O3/c1-7(12)9(16)14-11(18)15-5-3-8(4-6-15)10(17)13-2/h7-8H,3-6H2,1-2H3,(H,13,17)(H,14,16,18). The summed E-state index contributed by atoms with van der Waals surface area (Å²) in [4.78, 5) is 35.9. The summed E-state index contributed by atoms with van der Waals surface area (Å²) in [6.45, 7) is 2.43. The largest absolute Gasteiger partial charge is 0.359 e. The Kier molecular flexibility index (Phi) is 5.40. The van der Waals surface area contributed by atoms with E-state index in [-0.39, 0.29) is 11.8 Å². The Morgan fingerprint density at radius 1 is 1.28 bits per heavy atom. The lowest BCUT2D eigenvalue weighted by Gasteiger charge is -2.30. The van der Waals surface area contributed by atoms with Crippen molar-refractivity contribution in [3.63, 3.8) is 0 Å². The van der Waals surface area contributed by atoms with Crippen LogP contribution in [-0.2, 0) is 9.59 Å². The van der Waals surface area contributed by atoms with Crippen molar-refractivity contribution in [2.45, 2.75) is 25.1 Å². The minimum absolute atomic E-state index is 0.000477. The van der Waals surface area contributed by atoms with E-state index in [9.17, 15) is 14.4 Å². The summed E-state index contributed by atoms with van der Waals surface area (Å²) < 4.78 is 0. The number of nitrogens with zero attached hydrogens (tertiary/aromatic N) is 1. The number of carbonyl (C=O) groups is 3. The molecular weight excluding hydrogens is 258 g/mol. The zero-order valence-electron chi connectivity index (χ0n) is 10.5. The van der Waals surface area contributed by atoms with Crippen molar-refractivity contribution in [3.05, 3.63) is 0 Å². The van der Waals surface area contributed by atoms with Gasteiger partial charge in [-0.25, -0.2) is 4.79 Å². The minimum Gasteiger partial charge on any atom is -0.359 e. The minimum atomic E-state index is -0.739. The Morgan fingerprint density at radius 3 is 2.28 bits per heavy atom. The molecule has 1 fully saturated rings. The fourth-order valence-electron chi connectivity index (χ4n) is 1.83. The van der Waals surface area contributed by atoms with Crippen molar-refractivity contribution in [3.8, 4) is 0 Å². The number of nitrogens with one attached hydrogen (secondary N) is 2. The number of imide groups is 1. The number of carbonyl (C=O) groups excluding carboxylic acids is 3. The maximum atomic E-state index is 11.7. The van der Waals surface area contributed by atoms with Crippen LogP contribution in [0.2, 0.25) is 0 Å². The van der Waals surface area contributed by atoms with Gasteiger partial charge in [0.15, 0.2) is 0 Å². The maximum Gasteiger partial charge on any atom is 0.324 e. The molecule has 18 heavy (non-hydrogen) atoms. The van der Waals surface area contributed by atoms with Crippen LogP contribution in [-0.4, -0.2) is 48.3 Å². The smallest absolute Gasteiger partial charge is 0.324 e. The fraction of sp³-hybridized carbons (Fsp3) is 0.727. The van der Waals surface area contributed by atoms with Gasteiger partial charge in [0.1, 0.15) is 5.38 Å². The van der Waals surface area contributed by atoms with Gasteiger partial charge in [0.25, 0.3) is 0 Å². The Balaban J connectivity index is 2.41. The average molecular weight is 276 g/mol. The van der Waals surface area contributed by atoms with Crippen LogP contribution in [0.3, 0.4) is 0 Å². The van der Waals surface area contributed by atoms with Crippen LogP contribution in [0, 0.1) is 5.92 Å². The quantitative estimate of drug-likeness (QED) is 0.712. The first-order chi connectivity index (χ1) is 8.45. The first-order valence-electron chi connectivity index (χ1n) is 5.91. The van der Waals surface area contributed by atoms with Crippen molar-refractivity contribution >= 4 is 29.4 Å². The SMILES string of the molecule is CNC(=O)C1CCN(C(=O)NC(=O)C(C)Cl)CC1. The molecule has 102 valence electrons. The third-order valence-electron chi connectivity index (χ3n) is 2.99. The lowest BCUT2D eigenvalue weighted by Crippen LogP contribution is -2.49. The Labute approximate surface area is 111 Å². The van der Waals surface area contributed by atoms with Gasteiger partial charge in [-0.2, -0.15) is 0 Å². The summed E-state index contributed by atoms with van der Waals surface area (Å²) in [6, 6.07) is -0.442. The van der Waals surface area contributed by atoms with Gasteiger partial charge in [-0.05, 0) is 19.8 Å². The summed E-state index contributed by atoms with van der Waals surface area (Å²) in [5, 5.41) is 4.08. The third-order valence-corrected chi connectivity index (χ3v) is 3.19. The molecule has 0 bridgehead atoms. The zero-order chi connectivity index (χ0) is 13.7. The predicted octanol–water partition coefficient (Wildman–Crippen LogP) is 0.308. The van der Waals surface area contributed by atoms with Crippen molar-refractivity contribution in [2.75, 3.05) is 20.1 Å². The first-order valence-corrected chi connectivity index (χ1v) is 6.34. The molecule has 2 N–H and O–H groups in total. The lowest BCUT2D eigenvalue weighted by atomic mass is 9.96. The lowest BCUT2D eigenvalue weighted by molar-refractivity contribution is -0.126. The Morgan fingerprint density at radius 2 is 1.83 bits per heavy atom. The van der Waals surface area contributed by atoms with Gasteiger partial charge in [-0.3, -0.25) is 14.9 Å². The van der Waals surface area contributed by atoms with Crippen LogP contribution in [0.25, 0.3) is 0 Å². The highest BCUT2D eigenvalue weighted by Gasteiger charge is 2.27. The zero-order valence-corrected chi connectivity index (χ0v) is 11.3. The monoisotopic (exact) mass is 275 g/mol. The number of amides is 4. The van der Waals surface area contributed by atoms with E-state index in [0.29, 0.717) is 25.9 Å². The van der Waals surface area contributed by atoms with Crippen LogP contribution in [0.4, 0.5) is 4.79 Å². The van der Waals surface area contributed by atoms with E-state index in [0.717, 1.165) is 0 Å². The van der Waals surface area contributed by atoms with Gasteiger partial charge in [-0.15, -0.1) is 11.6 Å². The summed E-state index contributed by atoms with van der Waals surface area (Å²) in [7, 11) is 1.60. The van der Waals surface area contributed by atoms with Gasteiger partial charge < -0.3 is 10.2 Å². The molecule has 6 nitrogen and oxygen atoms in total. The van der Waals surface area contributed by atoms with Crippen LogP contribution >= 0.6 is 11.6 Å². The van der Waals surface area contributed by atoms with Crippen molar-refractivity contribution in [2.24, 2.45) is 5.92 Å². The van der Waals surface area contributed by atoms with Crippen LogP contribution in [0.15, 0.2) is 0 Å². The van der Waals surface area contributed by atoms with Gasteiger partial charge in [-0.1, -0.05) is 0 Å². The van der Waals surface area contributed by atoms with Gasteiger partial charge in [0, 0.05) is 26.1 Å². The number of likely N-dealkylation sites (tertiary alicyclic amines) is 1. The molecule has 0 aromatic carbocycles. The number of alkyl halides is 1. The summed E-state index contributed by atoms with van der Waals surface area (Å²) in [5.41, 5.74) is 0. The van der Waals surface area contributed by atoms with E-state index in [1.807, 2.05) is 0 Å². The van der Waals surface area contributed by atoms with E-state index in [1.54, 1.807) is 7.05 Å². The molecule has 0 aliphatic carbocycles. The van der Waals surface area contributed by atoms with E-state index >= 15 is 0 Å². The molecule has 1 atom stereocenters. The first kappa shape index (κ1) is 14.8. The summed E-state index contributed by atoms with van der Waals surface area (Å²) in [6.07, 6.45) is 1.22. The van der Waals surface area contributed by atoms with E-state index in [2.05, 4.69) is 10.6 Å². The number of halogens is 1. The van der Waals surface area contributed by atoms with E-state index in [1.165, 1.54) is 11.8 Å². The number of piperidine rings is 1. The average Bonchev–Trinajstić information content (AvgIpc) is 2.37. The second kappa shape index (κ2) is 6.58. The maximum absolute atomic E-state index is 11.7. The molecule has 4 amide bonds. The third kappa shape index (κ3) is 3.87.